The van der Waals surface area contributed by atoms with Gasteiger partial charge in [-0.25, -0.2) is 8.42 Å². The van der Waals surface area contributed by atoms with Crippen molar-refractivity contribution < 1.29 is 13.2 Å². The molecule has 4 nitrogen and oxygen atoms in total. The van der Waals surface area contributed by atoms with Crippen LogP contribution in [0.3, 0.4) is 0 Å². The summed E-state index contributed by atoms with van der Waals surface area (Å²) in [4.78, 5) is 0. The third-order valence-corrected chi connectivity index (χ3v) is 6.15. The number of nitrogens with one attached hydrogen (secondary N) is 1. The van der Waals surface area contributed by atoms with Crippen LogP contribution in [0, 0.1) is 0 Å². The minimum Gasteiger partial charge on any atom is -0.377 e. The molecule has 3 atom stereocenters. The summed E-state index contributed by atoms with van der Waals surface area (Å²) < 4.78 is 30.4. The average molecular weight is 277 g/mol. The Bertz CT molecular complexity index is 323. The molecule has 5 heteroatoms. The minimum atomic E-state index is -3.08. The first kappa shape index (κ1) is 15.9. The van der Waals surface area contributed by atoms with Crippen LogP contribution in [0.5, 0.6) is 0 Å². The first-order chi connectivity index (χ1) is 8.55. The summed E-state index contributed by atoms with van der Waals surface area (Å²) in [5, 5.41) is 2.88. The molecule has 0 saturated carbocycles. The van der Waals surface area contributed by atoms with Gasteiger partial charge in [0.1, 0.15) is 0 Å². The molecule has 1 fully saturated rings. The van der Waals surface area contributed by atoms with Gasteiger partial charge >= 0.3 is 0 Å². The summed E-state index contributed by atoms with van der Waals surface area (Å²) >= 11 is 0. The molecule has 0 aliphatic carbocycles. The van der Waals surface area contributed by atoms with Crippen molar-refractivity contribution in [1.82, 2.24) is 5.32 Å². The summed E-state index contributed by atoms with van der Waals surface area (Å²) in [6, 6.07) is 0.0615. The van der Waals surface area contributed by atoms with Gasteiger partial charge in [0.15, 0.2) is 9.84 Å². The minimum absolute atomic E-state index is 0.0615. The van der Waals surface area contributed by atoms with Crippen LogP contribution in [-0.2, 0) is 14.6 Å². The molecule has 0 aromatic rings. The fraction of sp³-hybridized carbons (Fsp3) is 1.00. The highest BCUT2D eigenvalue weighted by Crippen LogP contribution is 2.21. The second-order valence-corrected chi connectivity index (χ2v) is 7.36. The molecule has 108 valence electrons. The highest BCUT2D eigenvalue weighted by atomic mass is 32.2. The third-order valence-electron chi connectivity index (χ3n) is 3.73. The van der Waals surface area contributed by atoms with E-state index in [9.17, 15) is 8.42 Å². The topological polar surface area (TPSA) is 55.4 Å². The Morgan fingerprint density at radius 3 is 2.56 bits per heavy atom. The smallest absolute Gasteiger partial charge is 0.157 e. The van der Waals surface area contributed by atoms with E-state index < -0.39 is 9.84 Å². The van der Waals surface area contributed by atoms with E-state index in [1.165, 1.54) is 0 Å². The number of rotatable bonds is 8. The molecule has 0 spiro atoms. The van der Waals surface area contributed by atoms with Gasteiger partial charge in [-0.15, -0.1) is 0 Å². The Balaban J connectivity index is 2.71. The number of hydrogen-bond donors (Lipinski definition) is 1. The van der Waals surface area contributed by atoms with Crippen molar-refractivity contribution in [3.05, 3.63) is 0 Å². The molecule has 1 N–H and O–H groups in total. The summed E-state index contributed by atoms with van der Waals surface area (Å²) in [6.45, 7) is 4.75. The lowest BCUT2D eigenvalue weighted by molar-refractivity contribution is 0.127. The second-order valence-electron chi connectivity index (χ2n) is 5.10. The Morgan fingerprint density at radius 1 is 1.39 bits per heavy atom. The first-order valence-electron chi connectivity index (χ1n) is 7.05. The molecule has 1 aliphatic rings. The Kier molecular flexibility index (Phi) is 6.60. The van der Waals surface area contributed by atoms with E-state index in [0.717, 1.165) is 25.7 Å². The standard InChI is InChI=1S/C13H27NO3S/c1-4-7-12(14-3)13(5-2)18(15,16)10-11-8-6-9-17-11/h11-14H,4-10H2,1-3H3. The van der Waals surface area contributed by atoms with Gasteiger partial charge < -0.3 is 10.1 Å². The lowest BCUT2D eigenvalue weighted by atomic mass is 10.1. The maximum Gasteiger partial charge on any atom is 0.157 e. The molecule has 0 aromatic heterocycles. The number of ether oxygens (including phenoxy) is 1. The van der Waals surface area contributed by atoms with Crippen LogP contribution >= 0.6 is 0 Å². The van der Waals surface area contributed by atoms with Crippen molar-refractivity contribution in [2.45, 2.75) is 63.3 Å². The highest BCUT2D eigenvalue weighted by molar-refractivity contribution is 7.92. The summed E-state index contributed by atoms with van der Waals surface area (Å²) in [7, 11) is -1.23. The average Bonchev–Trinajstić information content (AvgIpc) is 2.80. The zero-order valence-electron chi connectivity index (χ0n) is 11.8. The van der Waals surface area contributed by atoms with Crippen molar-refractivity contribution in [3.8, 4) is 0 Å². The van der Waals surface area contributed by atoms with Gasteiger partial charge in [0.2, 0.25) is 0 Å². The zero-order chi connectivity index (χ0) is 13.6. The van der Waals surface area contributed by atoms with Gasteiger partial charge in [0.25, 0.3) is 0 Å². The van der Waals surface area contributed by atoms with Crippen LogP contribution in [0.15, 0.2) is 0 Å². The Hall–Kier alpha value is -0.130. The normalized spacial score (nSPS) is 24.1. The fourth-order valence-corrected chi connectivity index (χ4v) is 5.08. The van der Waals surface area contributed by atoms with E-state index in [1.54, 1.807) is 0 Å². The predicted octanol–water partition coefficient (Wildman–Crippen LogP) is 1.75. The molecule has 1 heterocycles. The molecule has 0 bridgehead atoms. The van der Waals surface area contributed by atoms with Crippen molar-refractivity contribution in [1.29, 1.82) is 0 Å². The van der Waals surface area contributed by atoms with Crippen molar-refractivity contribution in [2.75, 3.05) is 19.4 Å². The van der Waals surface area contributed by atoms with E-state index in [0.29, 0.717) is 13.0 Å². The molecule has 1 rings (SSSR count). The van der Waals surface area contributed by atoms with E-state index in [4.69, 9.17) is 4.74 Å². The van der Waals surface area contributed by atoms with E-state index in [2.05, 4.69) is 12.2 Å². The van der Waals surface area contributed by atoms with Crippen LogP contribution in [-0.4, -0.2) is 45.2 Å². The van der Waals surface area contributed by atoms with E-state index >= 15 is 0 Å². The zero-order valence-corrected chi connectivity index (χ0v) is 12.6. The van der Waals surface area contributed by atoms with Crippen molar-refractivity contribution in [3.63, 3.8) is 0 Å². The van der Waals surface area contributed by atoms with E-state index in [-0.39, 0.29) is 23.1 Å². The lowest BCUT2D eigenvalue weighted by Crippen LogP contribution is -2.44. The van der Waals surface area contributed by atoms with Crippen molar-refractivity contribution in [2.24, 2.45) is 0 Å². The number of hydrogen-bond acceptors (Lipinski definition) is 4. The van der Waals surface area contributed by atoms with Crippen LogP contribution in [0.4, 0.5) is 0 Å². The molecule has 18 heavy (non-hydrogen) atoms. The molecule has 0 radical (unpaired) electrons. The van der Waals surface area contributed by atoms with Gasteiger partial charge in [-0.1, -0.05) is 20.3 Å². The van der Waals surface area contributed by atoms with Gasteiger partial charge in [-0.05, 0) is 32.7 Å². The maximum atomic E-state index is 12.5. The molecule has 0 amide bonds. The molecule has 0 aromatic carbocycles. The molecular weight excluding hydrogens is 250 g/mol. The third kappa shape index (κ3) is 4.21. The van der Waals surface area contributed by atoms with Gasteiger partial charge in [-0.3, -0.25) is 0 Å². The molecule has 1 saturated heterocycles. The molecule has 1 aliphatic heterocycles. The SMILES string of the molecule is CCCC(NC)C(CC)S(=O)(=O)CC1CCCO1. The van der Waals surface area contributed by atoms with Crippen LogP contribution < -0.4 is 5.32 Å². The van der Waals surface area contributed by atoms with Gasteiger partial charge in [0, 0.05) is 12.6 Å². The first-order valence-corrected chi connectivity index (χ1v) is 8.77. The molecule has 3 unspecified atom stereocenters. The molecular formula is C13H27NO3S. The van der Waals surface area contributed by atoms with Crippen molar-refractivity contribution >= 4 is 9.84 Å². The quantitative estimate of drug-likeness (QED) is 0.734. The summed E-state index contributed by atoms with van der Waals surface area (Å²) in [5.41, 5.74) is 0. The van der Waals surface area contributed by atoms with Crippen LogP contribution in [0.25, 0.3) is 0 Å². The Labute approximate surface area is 111 Å². The summed E-state index contributed by atoms with van der Waals surface area (Å²) in [6.07, 6.45) is 4.36. The number of sulfone groups is 1. The fourth-order valence-electron chi connectivity index (χ4n) is 2.77. The van der Waals surface area contributed by atoms with Gasteiger partial charge in [0.05, 0.1) is 17.1 Å². The maximum absolute atomic E-state index is 12.5. The largest absolute Gasteiger partial charge is 0.377 e. The van der Waals surface area contributed by atoms with Crippen LogP contribution in [0.1, 0.15) is 46.0 Å². The van der Waals surface area contributed by atoms with Gasteiger partial charge in [-0.2, -0.15) is 0 Å². The van der Waals surface area contributed by atoms with E-state index in [1.807, 2.05) is 14.0 Å². The highest BCUT2D eigenvalue weighted by Gasteiger charge is 2.33. The Morgan fingerprint density at radius 2 is 2.11 bits per heavy atom. The second kappa shape index (κ2) is 7.46. The monoisotopic (exact) mass is 277 g/mol. The predicted molar refractivity (Wildman–Crippen MR) is 74.6 cm³/mol. The summed E-state index contributed by atoms with van der Waals surface area (Å²) in [5.74, 6) is 0.188. The lowest BCUT2D eigenvalue weighted by Gasteiger charge is -2.26. The van der Waals surface area contributed by atoms with Crippen LogP contribution in [0.2, 0.25) is 0 Å².